The molecule has 1 saturated heterocycles. The van der Waals surface area contributed by atoms with Gasteiger partial charge in [0.2, 0.25) is 0 Å². The highest BCUT2D eigenvalue weighted by molar-refractivity contribution is 5.44. The summed E-state index contributed by atoms with van der Waals surface area (Å²) >= 11 is 0. The van der Waals surface area contributed by atoms with Gasteiger partial charge in [0.05, 0.1) is 32.5 Å². The lowest BCUT2D eigenvalue weighted by Crippen LogP contribution is -2.46. The van der Waals surface area contributed by atoms with Gasteiger partial charge in [-0.1, -0.05) is 6.07 Å². The van der Waals surface area contributed by atoms with Gasteiger partial charge < -0.3 is 14.2 Å². The first-order chi connectivity index (χ1) is 10.1. The zero-order valence-electron chi connectivity index (χ0n) is 13.0. The van der Waals surface area contributed by atoms with Crippen molar-refractivity contribution in [1.29, 1.82) is 5.26 Å². The molecule has 0 spiro atoms. The molecule has 2 rings (SSSR count). The molecule has 0 N–H and O–H groups in total. The molecule has 1 fully saturated rings. The summed E-state index contributed by atoms with van der Waals surface area (Å²) in [6.07, 6.45) is 0.259. The number of hydrogen-bond acceptors (Lipinski definition) is 5. The van der Waals surface area contributed by atoms with Gasteiger partial charge in [-0.3, -0.25) is 4.90 Å². The summed E-state index contributed by atoms with van der Waals surface area (Å²) in [4.78, 5) is 2.15. The van der Waals surface area contributed by atoms with Crippen molar-refractivity contribution in [2.24, 2.45) is 0 Å². The Bertz CT molecular complexity index is 517. The van der Waals surface area contributed by atoms with E-state index in [9.17, 15) is 5.26 Å². The van der Waals surface area contributed by atoms with E-state index in [4.69, 9.17) is 14.2 Å². The molecule has 3 unspecified atom stereocenters. The predicted octanol–water partition coefficient (Wildman–Crippen LogP) is 2.38. The van der Waals surface area contributed by atoms with Crippen LogP contribution in [0.1, 0.15) is 25.5 Å². The number of rotatable bonds is 4. The number of methoxy groups -OCH3 is 2. The Morgan fingerprint density at radius 3 is 2.33 bits per heavy atom. The average molecular weight is 290 g/mol. The lowest BCUT2D eigenvalue weighted by molar-refractivity contribution is -0.0750. The van der Waals surface area contributed by atoms with Crippen molar-refractivity contribution in [3.63, 3.8) is 0 Å². The standard InChI is InChI=1S/C16H22N2O3/c1-11-9-18(10-12(2)21-11)14(8-17)13-5-6-15(19-3)16(7-13)20-4/h5-7,11-12,14H,9-10H2,1-4H3. The van der Waals surface area contributed by atoms with Crippen LogP contribution in [-0.4, -0.2) is 44.4 Å². The molecular formula is C16H22N2O3. The fourth-order valence-corrected chi connectivity index (χ4v) is 2.82. The van der Waals surface area contributed by atoms with E-state index < -0.39 is 0 Å². The molecule has 0 saturated carbocycles. The highest BCUT2D eigenvalue weighted by Gasteiger charge is 2.29. The largest absolute Gasteiger partial charge is 0.493 e. The number of morpholine rings is 1. The molecule has 5 nitrogen and oxygen atoms in total. The van der Waals surface area contributed by atoms with Gasteiger partial charge in [-0.05, 0) is 31.5 Å². The maximum Gasteiger partial charge on any atom is 0.161 e. The van der Waals surface area contributed by atoms with Crippen molar-refractivity contribution >= 4 is 0 Å². The highest BCUT2D eigenvalue weighted by Crippen LogP contribution is 2.32. The molecule has 1 aromatic carbocycles. The normalized spacial score (nSPS) is 24.1. The Labute approximate surface area is 126 Å². The zero-order valence-corrected chi connectivity index (χ0v) is 13.0. The third-order valence-electron chi connectivity index (χ3n) is 3.66. The Kier molecular flexibility index (Phi) is 5.05. The summed E-state index contributed by atoms with van der Waals surface area (Å²) in [6.45, 7) is 5.56. The van der Waals surface area contributed by atoms with E-state index in [2.05, 4.69) is 11.0 Å². The van der Waals surface area contributed by atoms with Crippen LogP contribution in [0.2, 0.25) is 0 Å². The van der Waals surface area contributed by atoms with Crippen molar-refractivity contribution in [3.8, 4) is 17.6 Å². The molecule has 1 heterocycles. The topological polar surface area (TPSA) is 54.7 Å². The Morgan fingerprint density at radius 1 is 1.19 bits per heavy atom. The Balaban J connectivity index is 2.27. The van der Waals surface area contributed by atoms with Gasteiger partial charge in [0.25, 0.3) is 0 Å². The number of hydrogen-bond donors (Lipinski definition) is 0. The van der Waals surface area contributed by atoms with E-state index in [-0.39, 0.29) is 18.2 Å². The molecule has 1 aliphatic rings. The molecule has 0 bridgehead atoms. The van der Waals surface area contributed by atoms with Crippen molar-refractivity contribution < 1.29 is 14.2 Å². The summed E-state index contributed by atoms with van der Waals surface area (Å²) < 4.78 is 16.3. The van der Waals surface area contributed by atoms with Crippen molar-refractivity contribution in [1.82, 2.24) is 4.90 Å². The van der Waals surface area contributed by atoms with E-state index in [1.54, 1.807) is 14.2 Å². The first-order valence-electron chi connectivity index (χ1n) is 7.10. The summed E-state index contributed by atoms with van der Waals surface area (Å²) in [5.74, 6) is 1.31. The van der Waals surface area contributed by atoms with Gasteiger partial charge >= 0.3 is 0 Å². The summed E-state index contributed by atoms with van der Waals surface area (Å²) in [6, 6.07) is 7.71. The minimum Gasteiger partial charge on any atom is -0.493 e. The van der Waals surface area contributed by atoms with Crippen LogP contribution in [0.25, 0.3) is 0 Å². The summed E-state index contributed by atoms with van der Waals surface area (Å²) in [5.41, 5.74) is 0.913. The maximum absolute atomic E-state index is 9.59. The van der Waals surface area contributed by atoms with Crippen LogP contribution in [0.3, 0.4) is 0 Å². The number of ether oxygens (including phenoxy) is 3. The third kappa shape index (κ3) is 3.46. The van der Waals surface area contributed by atoms with Crippen LogP contribution in [0.4, 0.5) is 0 Å². The lowest BCUT2D eigenvalue weighted by atomic mass is 10.0. The first kappa shape index (κ1) is 15.6. The van der Waals surface area contributed by atoms with Gasteiger partial charge in [-0.2, -0.15) is 5.26 Å². The van der Waals surface area contributed by atoms with Gasteiger partial charge in [-0.15, -0.1) is 0 Å². The van der Waals surface area contributed by atoms with Crippen molar-refractivity contribution in [2.75, 3.05) is 27.3 Å². The molecule has 1 aliphatic heterocycles. The molecule has 3 atom stereocenters. The summed E-state index contributed by atoms with van der Waals surface area (Å²) in [5, 5.41) is 9.59. The average Bonchev–Trinajstić information content (AvgIpc) is 2.46. The summed E-state index contributed by atoms with van der Waals surface area (Å²) in [7, 11) is 3.20. The highest BCUT2D eigenvalue weighted by atomic mass is 16.5. The van der Waals surface area contributed by atoms with Crippen LogP contribution < -0.4 is 9.47 Å². The fourth-order valence-electron chi connectivity index (χ4n) is 2.82. The number of nitriles is 1. The maximum atomic E-state index is 9.59. The van der Waals surface area contributed by atoms with Crippen LogP contribution in [0, 0.1) is 11.3 Å². The van der Waals surface area contributed by atoms with Crippen LogP contribution in [-0.2, 0) is 4.74 Å². The smallest absolute Gasteiger partial charge is 0.161 e. The first-order valence-corrected chi connectivity index (χ1v) is 7.10. The lowest BCUT2D eigenvalue weighted by Gasteiger charge is -2.37. The van der Waals surface area contributed by atoms with Gasteiger partial charge in [0.1, 0.15) is 6.04 Å². The zero-order chi connectivity index (χ0) is 15.4. The van der Waals surface area contributed by atoms with Crippen LogP contribution in [0.15, 0.2) is 18.2 Å². The van der Waals surface area contributed by atoms with Gasteiger partial charge in [-0.25, -0.2) is 0 Å². The minimum atomic E-state index is -0.307. The minimum absolute atomic E-state index is 0.129. The van der Waals surface area contributed by atoms with E-state index in [0.717, 1.165) is 18.7 Å². The molecule has 114 valence electrons. The second-order valence-corrected chi connectivity index (χ2v) is 5.36. The molecule has 5 heteroatoms. The SMILES string of the molecule is COc1ccc(C(C#N)N2CC(C)OC(C)C2)cc1OC. The van der Waals surface area contributed by atoms with E-state index >= 15 is 0 Å². The van der Waals surface area contributed by atoms with E-state index in [1.807, 2.05) is 32.0 Å². The van der Waals surface area contributed by atoms with Crippen molar-refractivity contribution in [3.05, 3.63) is 23.8 Å². The Hall–Kier alpha value is -1.77. The number of benzene rings is 1. The quantitative estimate of drug-likeness (QED) is 0.852. The molecular weight excluding hydrogens is 268 g/mol. The van der Waals surface area contributed by atoms with Crippen LogP contribution >= 0.6 is 0 Å². The molecule has 21 heavy (non-hydrogen) atoms. The number of nitrogens with zero attached hydrogens (tertiary/aromatic N) is 2. The van der Waals surface area contributed by atoms with Crippen LogP contribution in [0.5, 0.6) is 11.5 Å². The van der Waals surface area contributed by atoms with E-state index in [0.29, 0.717) is 11.5 Å². The molecule has 0 radical (unpaired) electrons. The molecule has 0 aromatic heterocycles. The molecule has 1 aromatic rings. The third-order valence-corrected chi connectivity index (χ3v) is 3.66. The fraction of sp³-hybridized carbons (Fsp3) is 0.562. The van der Waals surface area contributed by atoms with Gasteiger partial charge in [0.15, 0.2) is 11.5 Å². The second kappa shape index (κ2) is 6.79. The van der Waals surface area contributed by atoms with Crippen molar-refractivity contribution in [2.45, 2.75) is 32.1 Å². The monoisotopic (exact) mass is 290 g/mol. The van der Waals surface area contributed by atoms with E-state index in [1.165, 1.54) is 0 Å². The Morgan fingerprint density at radius 2 is 1.81 bits per heavy atom. The molecule has 0 amide bonds. The second-order valence-electron chi connectivity index (χ2n) is 5.36. The molecule has 0 aliphatic carbocycles. The van der Waals surface area contributed by atoms with Gasteiger partial charge in [0, 0.05) is 13.1 Å². The predicted molar refractivity (Wildman–Crippen MR) is 79.5 cm³/mol.